The van der Waals surface area contributed by atoms with Gasteiger partial charge in [-0.05, 0) is 19.0 Å². The van der Waals surface area contributed by atoms with Gasteiger partial charge in [0.25, 0.3) is 11.6 Å². The lowest BCUT2D eigenvalue weighted by Crippen LogP contribution is -2.44. The first-order chi connectivity index (χ1) is 10.2. The highest BCUT2D eigenvalue weighted by atomic mass is 35.5. The molecule has 0 spiro atoms. The Hall–Kier alpha value is -1.70. The maximum absolute atomic E-state index is 11.9. The Morgan fingerprint density at radius 1 is 1.36 bits per heavy atom. The van der Waals surface area contributed by atoms with E-state index in [0.717, 1.165) is 39.1 Å². The monoisotopic (exact) mass is 328 g/mol. The van der Waals surface area contributed by atoms with Gasteiger partial charge in [0, 0.05) is 50.4 Å². The molecule has 1 amide bonds. The first-order valence-corrected chi connectivity index (χ1v) is 7.12. The number of nitro groups is 1. The van der Waals surface area contributed by atoms with Crippen LogP contribution >= 0.6 is 12.4 Å². The van der Waals surface area contributed by atoms with Crippen LogP contribution in [0.2, 0.25) is 0 Å². The number of carbonyl (C=O) groups excluding carboxylic acids is 1. The minimum absolute atomic E-state index is 0. The average Bonchev–Trinajstić information content (AvgIpc) is 2.52. The summed E-state index contributed by atoms with van der Waals surface area (Å²) in [5.41, 5.74) is 0.259. The lowest BCUT2D eigenvalue weighted by molar-refractivity contribution is -0.384. The summed E-state index contributed by atoms with van der Waals surface area (Å²) in [7, 11) is 0. The van der Waals surface area contributed by atoms with Crippen molar-refractivity contribution in [3.8, 4) is 0 Å². The number of halogens is 1. The summed E-state index contributed by atoms with van der Waals surface area (Å²) in [5.74, 6) is -0.265. The molecule has 1 heterocycles. The fraction of sp³-hybridized carbons (Fsp3) is 0.500. The quantitative estimate of drug-likeness (QED) is 0.463. The zero-order valence-electron chi connectivity index (χ0n) is 12.3. The zero-order chi connectivity index (χ0) is 15.1. The van der Waals surface area contributed by atoms with Crippen LogP contribution < -0.4 is 10.6 Å². The second kappa shape index (κ2) is 9.34. The van der Waals surface area contributed by atoms with E-state index in [4.69, 9.17) is 0 Å². The molecule has 1 aliphatic heterocycles. The predicted molar refractivity (Wildman–Crippen MR) is 86.6 cm³/mol. The van der Waals surface area contributed by atoms with Crippen molar-refractivity contribution in [1.82, 2.24) is 15.5 Å². The largest absolute Gasteiger partial charge is 0.352 e. The van der Waals surface area contributed by atoms with Crippen molar-refractivity contribution in [3.05, 3.63) is 39.9 Å². The van der Waals surface area contributed by atoms with E-state index in [1.165, 1.54) is 18.2 Å². The van der Waals surface area contributed by atoms with Crippen LogP contribution in [0.4, 0.5) is 5.69 Å². The number of benzene rings is 1. The van der Waals surface area contributed by atoms with Gasteiger partial charge in [0.2, 0.25) is 0 Å². The second-order valence-corrected chi connectivity index (χ2v) is 5.01. The number of hydrogen-bond donors (Lipinski definition) is 2. The molecule has 1 fully saturated rings. The second-order valence-electron chi connectivity index (χ2n) is 5.01. The van der Waals surface area contributed by atoms with Crippen molar-refractivity contribution in [2.75, 3.05) is 39.3 Å². The van der Waals surface area contributed by atoms with Gasteiger partial charge in [-0.25, -0.2) is 0 Å². The fourth-order valence-corrected chi connectivity index (χ4v) is 2.30. The maximum atomic E-state index is 11.9. The highest BCUT2D eigenvalue weighted by molar-refractivity contribution is 5.94. The van der Waals surface area contributed by atoms with E-state index in [1.807, 2.05) is 0 Å². The number of nitrogens with zero attached hydrogens (tertiary/aromatic N) is 2. The summed E-state index contributed by atoms with van der Waals surface area (Å²) in [6, 6.07) is 5.78. The van der Waals surface area contributed by atoms with Gasteiger partial charge in [-0.2, -0.15) is 0 Å². The standard InChI is InChI=1S/C14H20N4O3.ClH/c19-14(12-3-1-4-13(11-12)18(20)21)16-5-2-8-17-9-6-15-7-10-17;/h1,3-4,11,15H,2,5-10H2,(H,16,19);1H. The maximum Gasteiger partial charge on any atom is 0.270 e. The Balaban J connectivity index is 0.00000242. The SMILES string of the molecule is Cl.O=C(NCCCN1CCNCC1)c1cccc([N+](=O)[O-])c1. The van der Waals surface area contributed by atoms with E-state index in [0.29, 0.717) is 12.1 Å². The van der Waals surface area contributed by atoms with E-state index >= 15 is 0 Å². The lowest BCUT2D eigenvalue weighted by atomic mass is 10.2. The summed E-state index contributed by atoms with van der Waals surface area (Å²) < 4.78 is 0. The zero-order valence-corrected chi connectivity index (χ0v) is 13.1. The number of nitro benzene ring substituents is 1. The third-order valence-corrected chi connectivity index (χ3v) is 3.47. The lowest BCUT2D eigenvalue weighted by Gasteiger charge is -2.27. The normalized spacial score (nSPS) is 14.9. The Kier molecular flexibility index (Phi) is 7.79. The van der Waals surface area contributed by atoms with E-state index in [1.54, 1.807) is 6.07 Å². The Morgan fingerprint density at radius 3 is 2.77 bits per heavy atom. The van der Waals surface area contributed by atoms with Gasteiger partial charge in [0.05, 0.1) is 4.92 Å². The molecule has 0 bridgehead atoms. The topological polar surface area (TPSA) is 87.5 Å². The molecule has 0 unspecified atom stereocenters. The molecular formula is C14H21ClN4O3. The molecule has 1 aromatic carbocycles. The van der Waals surface area contributed by atoms with E-state index in [9.17, 15) is 14.9 Å². The fourth-order valence-electron chi connectivity index (χ4n) is 2.30. The van der Waals surface area contributed by atoms with Crippen LogP contribution in [0, 0.1) is 10.1 Å². The minimum Gasteiger partial charge on any atom is -0.352 e. The molecule has 0 radical (unpaired) electrons. The number of piperazine rings is 1. The first kappa shape index (κ1) is 18.3. The molecule has 2 rings (SSSR count). The molecule has 1 aromatic rings. The molecule has 8 heteroatoms. The average molecular weight is 329 g/mol. The summed E-state index contributed by atoms with van der Waals surface area (Å²) in [6.45, 7) is 5.64. The third-order valence-electron chi connectivity index (χ3n) is 3.47. The van der Waals surface area contributed by atoms with Crippen LogP contribution in [0.15, 0.2) is 24.3 Å². The van der Waals surface area contributed by atoms with Crippen molar-refractivity contribution < 1.29 is 9.72 Å². The van der Waals surface area contributed by atoms with Crippen LogP contribution in [0.1, 0.15) is 16.8 Å². The van der Waals surface area contributed by atoms with Gasteiger partial charge in [-0.15, -0.1) is 12.4 Å². The number of rotatable bonds is 6. The van der Waals surface area contributed by atoms with Crippen LogP contribution in [-0.2, 0) is 0 Å². The smallest absolute Gasteiger partial charge is 0.270 e. The number of hydrogen-bond acceptors (Lipinski definition) is 5. The van der Waals surface area contributed by atoms with Crippen molar-refractivity contribution in [2.45, 2.75) is 6.42 Å². The third kappa shape index (κ3) is 5.59. The molecule has 7 nitrogen and oxygen atoms in total. The van der Waals surface area contributed by atoms with Gasteiger partial charge in [0.15, 0.2) is 0 Å². The van der Waals surface area contributed by atoms with Crippen molar-refractivity contribution in [2.24, 2.45) is 0 Å². The number of amides is 1. The molecule has 1 aliphatic rings. The Morgan fingerprint density at radius 2 is 2.09 bits per heavy atom. The van der Waals surface area contributed by atoms with Gasteiger partial charge in [-0.3, -0.25) is 14.9 Å². The molecule has 0 atom stereocenters. The summed E-state index contributed by atoms with van der Waals surface area (Å²) in [4.78, 5) is 24.4. The van der Waals surface area contributed by atoms with E-state index < -0.39 is 4.92 Å². The molecule has 2 N–H and O–H groups in total. The Labute approximate surface area is 135 Å². The van der Waals surface area contributed by atoms with Crippen LogP contribution in [0.5, 0.6) is 0 Å². The van der Waals surface area contributed by atoms with Crippen LogP contribution in [0.3, 0.4) is 0 Å². The first-order valence-electron chi connectivity index (χ1n) is 7.12. The van der Waals surface area contributed by atoms with Crippen molar-refractivity contribution >= 4 is 24.0 Å². The summed E-state index contributed by atoms with van der Waals surface area (Å²) >= 11 is 0. The minimum atomic E-state index is -0.499. The van der Waals surface area contributed by atoms with E-state index in [-0.39, 0.29) is 24.0 Å². The predicted octanol–water partition coefficient (Wildman–Crippen LogP) is 1.04. The van der Waals surface area contributed by atoms with E-state index in [2.05, 4.69) is 15.5 Å². The summed E-state index contributed by atoms with van der Waals surface area (Å²) in [5, 5.41) is 16.8. The van der Waals surface area contributed by atoms with Crippen LogP contribution in [0.25, 0.3) is 0 Å². The number of nitrogens with one attached hydrogen (secondary N) is 2. The van der Waals surface area contributed by atoms with Crippen molar-refractivity contribution in [3.63, 3.8) is 0 Å². The number of non-ortho nitro benzene ring substituents is 1. The van der Waals surface area contributed by atoms with Gasteiger partial charge < -0.3 is 15.5 Å². The van der Waals surface area contributed by atoms with Crippen molar-refractivity contribution in [1.29, 1.82) is 0 Å². The molecule has 0 saturated carbocycles. The molecule has 22 heavy (non-hydrogen) atoms. The molecule has 122 valence electrons. The highest BCUT2D eigenvalue weighted by Gasteiger charge is 2.12. The Bertz CT molecular complexity index is 507. The molecule has 0 aromatic heterocycles. The summed E-state index contributed by atoms with van der Waals surface area (Å²) in [6.07, 6.45) is 0.876. The van der Waals surface area contributed by atoms with Gasteiger partial charge >= 0.3 is 0 Å². The molecule has 1 saturated heterocycles. The highest BCUT2D eigenvalue weighted by Crippen LogP contribution is 2.12. The van der Waals surface area contributed by atoms with Gasteiger partial charge in [0.1, 0.15) is 0 Å². The van der Waals surface area contributed by atoms with Gasteiger partial charge in [-0.1, -0.05) is 6.07 Å². The molecular weight excluding hydrogens is 308 g/mol. The van der Waals surface area contributed by atoms with Crippen LogP contribution in [-0.4, -0.2) is 55.0 Å². The number of carbonyl (C=O) groups is 1. The molecule has 0 aliphatic carbocycles.